The van der Waals surface area contributed by atoms with Crippen LogP contribution in [0.4, 0.5) is 0 Å². The second kappa shape index (κ2) is 5.41. The lowest BCUT2D eigenvalue weighted by Gasteiger charge is -2.03. The van der Waals surface area contributed by atoms with Gasteiger partial charge in [-0.25, -0.2) is 9.78 Å². The molecule has 0 aliphatic carbocycles. The standard InChI is InChI=1S/C10H11NO3S/c1-3-4-15-9-8(12)5-7(6-11-9)10(13)14-2/h3,5-6,12H,1,4H2,2H3. The van der Waals surface area contributed by atoms with E-state index in [1.165, 1.54) is 31.1 Å². The van der Waals surface area contributed by atoms with E-state index in [2.05, 4.69) is 16.3 Å². The molecule has 0 saturated carbocycles. The number of thioether (sulfide) groups is 1. The topological polar surface area (TPSA) is 59.4 Å². The summed E-state index contributed by atoms with van der Waals surface area (Å²) in [7, 11) is 1.28. The maximum atomic E-state index is 11.1. The van der Waals surface area contributed by atoms with Crippen molar-refractivity contribution >= 4 is 17.7 Å². The van der Waals surface area contributed by atoms with Gasteiger partial charge in [0.25, 0.3) is 0 Å². The van der Waals surface area contributed by atoms with E-state index in [1.54, 1.807) is 6.08 Å². The Morgan fingerprint density at radius 3 is 3.07 bits per heavy atom. The number of carbonyl (C=O) groups is 1. The number of pyridine rings is 1. The smallest absolute Gasteiger partial charge is 0.339 e. The van der Waals surface area contributed by atoms with Crippen molar-refractivity contribution in [3.05, 3.63) is 30.5 Å². The number of ether oxygens (including phenoxy) is 1. The summed E-state index contributed by atoms with van der Waals surface area (Å²) in [6.45, 7) is 3.56. The van der Waals surface area contributed by atoms with Gasteiger partial charge in [-0.1, -0.05) is 17.8 Å². The summed E-state index contributed by atoms with van der Waals surface area (Å²) in [6.07, 6.45) is 3.08. The van der Waals surface area contributed by atoms with Crippen molar-refractivity contribution in [2.24, 2.45) is 0 Å². The molecule has 0 bridgehead atoms. The van der Waals surface area contributed by atoms with Gasteiger partial charge in [0.05, 0.1) is 12.7 Å². The number of esters is 1. The van der Waals surface area contributed by atoms with Gasteiger partial charge in [-0.2, -0.15) is 0 Å². The predicted octanol–water partition coefficient (Wildman–Crippen LogP) is 1.85. The molecule has 1 rings (SSSR count). The van der Waals surface area contributed by atoms with Gasteiger partial charge >= 0.3 is 5.97 Å². The van der Waals surface area contributed by atoms with Crippen LogP contribution >= 0.6 is 11.8 Å². The molecule has 1 aromatic rings. The Hall–Kier alpha value is -1.49. The first kappa shape index (κ1) is 11.6. The van der Waals surface area contributed by atoms with Gasteiger partial charge in [0.2, 0.25) is 0 Å². The zero-order valence-electron chi connectivity index (χ0n) is 8.27. The number of nitrogens with zero attached hydrogens (tertiary/aromatic N) is 1. The molecule has 0 atom stereocenters. The molecular formula is C10H11NO3S. The van der Waals surface area contributed by atoms with Crippen LogP contribution in [0.15, 0.2) is 29.9 Å². The number of rotatable bonds is 4. The van der Waals surface area contributed by atoms with Gasteiger partial charge in [0, 0.05) is 11.9 Å². The zero-order chi connectivity index (χ0) is 11.3. The number of carbonyl (C=O) groups excluding carboxylic acids is 1. The maximum Gasteiger partial charge on any atom is 0.339 e. The second-order valence-corrected chi connectivity index (χ2v) is 3.65. The molecule has 0 fully saturated rings. The van der Waals surface area contributed by atoms with Gasteiger partial charge < -0.3 is 9.84 Å². The SMILES string of the molecule is C=CCSc1ncc(C(=O)OC)cc1O. The van der Waals surface area contributed by atoms with E-state index in [1.807, 2.05) is 0 Å². The van der Waals surface area contributed by atoms with Crippen LogP contribution in [0, 0.1) is 0 Å². The summed E-state index contributed by atoms with van der Waals surface area (Å²) < 4.78 is 4.50. The Labute approximate surface area is 92.0 Å². The Kier molecular flexibility index (Phi) is 4.17. The highest BCUT2D eigenvalue weighted by atomic mass is 32.2. The van der Waals surface area contributed by atoms with Crippen LogP contribution in [0.2, 0.25) is 0 Å². The molecule has 5 heteroatoms. The molecule has 0 radical (unpaired) electrons. The van der Waals surface area contributed by atoms with E-state index in [9.17, 15) is 9.90 Å². The van der Waals surface area contributed by atoms with Crippen LogP contribution in [0.1, 0.15) is 10.4 Å². The number of aromatic nitrogens is 1. The molecule has 80 valence electrons. The molecule has 1 aromatic heterocycles. The zero-order valence-corrected chi connectivity index (χ0v) is 9.08. The fraction of sp³-hybridized carbons (Fsp3) is 0.200. The fourth-order valence-electron chi connectivity index (χ4n) is 0.919. The molecule has 0 unspecified atom stereocenters. The lowest BCUT2D eigenvalue weighted by Crippen LogP contribution is -2.01. The van der Waals surface area contributed by atoms with E-state index in [-0.39, 0.29) is 11.3 Å². The third kappa shape index (κ3) is 2.99. The summed E-state index contributed by atoms with van der Waals surface area (Å²) >= 11 is 1.34. The maximum absolute atomic E-state index is 11.1. The molecular weight excluding hydrogens is 214 g/mol. The monoisotopic (exact) mass is 225 g/mol. The molecule has 4 nitrogen and oxygen atoms in total. The predicted molar refractivity (Wildman–Crippen MR) is 58.2 cm³/mol. The van der Waals surface area contributed by atoms with E-state index in [4.69, 9.17) is 0 Å². The summed E-state index contributed by atoms with van der Waals surface area (Å²) in [5, 5.41) is 10.0. The van der Waals surface area contributed by atoms with E-state index in [0.717, 1.165) is 0 Å². The second-order valence-electron chi connectivity index (χ2n) is 2.64. The third-order valence-electron chi connectivity index (χ3n) is 1.59. The van der Waals surface area contributed by atoms with Crippen molar-refractivity contribution in [2.75, 3.05) is 12.9 Å². The first-order valence-electron chi connectivity index (χ1n) is 4.20. The largest absolute Gasteiger partial charge is 0.505 e. The van der Waals surface area contributed by atoms with Crippen LogP contribution in [0.5, 0.6) is 5.75 Å². The molecule has 1 N–H and O–H groups in total. The Bertz CT molecular complexity index is 379. The van der Waals surface area contributed by atoms with Crippen molar-refractivity contribution in [1.82, 2.24) is 4.98 Å². The van der Waals surface area contributed by atoms with Crippen LogP contribution in [0.3, 0.4) is 0 Å². The highest BCUT2D eigenvalue weighted by molar-refractivity contribution is 7.99. The number of hydrogen-bond acceptors (Lipinski definition) is 5. The molecule has 15 heavy (non-hydrogen) atoms. The summed E-state index contributed by atoms with van der Waals surface area (Å²) in [6, 6.07) is 1.34. The van der Waals surface area contributed by atoms with Crippen molar-refractivity contribution in [1.29, 1.82) is 0 Å². The highest BCUT2D eigenvalue weighted by Crippen LogP contribution is 2.26. The van der Waals surface area contributed by atoms with Gasteiger partial charge in [0.1, 0.15) is 10.8 Å². The van der Waals surface area contributed by atoms with Crippen LogP contribution in [-0.4, -0.2) is 28.9 Å². The van der Waals surface area contributed by atoms with Crippen molar-refractivity contribution in [3.63, 3.8) is 0 Å². The minimum absolute atomic E-state index is 0.0234. The Morgan fingerprint density at radius 1 is 1.80 bits per heavy atom. The first-order chi connectivity index (χ1) is 7.19. The molecule has 0 spiro atoms. The Balaban J connectivity index is 2.87. The lowest BCUT2D eigenvalue weighted by molar-refractivity contribution is 0.0599. The van der Waals surface area contributed by atoms with Gasteiger partial charge in [-0.05, 0) is 6.07 Å². The van der Waals surface area contributed by atoms with Crippen LogP contribution < -0.4 is 0 Å². The van der Waals surface area contributed by atoms with Crippen molar-refractivity contribution < 1.29 is 14.6 Å². The number of aromatic hydroxyl groups is 1. The molecule has 0 aliphatic heterocycles. The summed E-state index contributed by atoms with van der Waals surface area (Å²) in [5.74, 6) is 0.112. The molecule has 0 aliphatic rings. The average molecular weight is 225 g/mol. The average Bonchev–Trinajstić information content (AvgIpc) is 2.26. The van der Waals surface area contributed by atoms with Gasteiger partial charge in [-0.3, -0.25) is 0 Å². The molecule has 0 amide bonds. The van der Waals surface area contributed by atoms with Crippen LogP contribution in [-0.2, 0) is 4.74 Å². The fourth-order valence-corrected chi connectivity index (χ4v) is 1.53. The van der Waals surface area contributed by atoms with Crippen molar-refractivity contribution in [2.45, 2.75) is 5.03 Å². The quantitative estimate of drug-likeness (QED) is 0.481. The number of methoxy groups -OCH3 is 1. The molecule has 0 saturated heterocycles. The van der Waals surface area contributed by atoms with E-state index < -0.39 is 5.97 Å². The minimum Gasteiger partial charge on any atom is -0.505 e. The normalized spacial score (nSPS) is 9.67. The molecule has 1 heterocycles. The summed E-state index contributed by atoms with van der Waals surface area (Å²) in [4.78, 5) is 15.0. The first-order valence-corrected chi connectivity index (χ1v) is 5.18. The number of hydrogen-bond donors (Lipinski definition) is 1. The highest BCUT2D eigenvalue weighted by Gasteiger charge is 2.10. The van der Waals surface area contributed by atoms with E-state index >= 15 is 0 Å². The summed E-state index contributed by atoms with van der Waals surface area (Å²) in [5.41, 5.74) is 0.234. The molecule has 0 aromatic carbocycles. The lowest BCUT2D eigenvalue weighted by atomic mass is 10.3. The Morgan fingerprint density at radius 2 is 2.53 bits per heavy atom. The van der Waals surface area contributed by atoms with Gasteiger partial charge in [-0.15, -0.1) is 6.58 Å². The minimum atomic E-state index is -0.516. The van der Waals surface area contributed by atoms with E-state index in [0.29, 0.717) is 10.8 Å². The van der Waals surface area contributed by atoms with Crippen LogP contribution in [0.25, 0.3) is 0 Å². The van der Waals surface area contributed by atoms with Gasteiger partial charge in [0.15, 0.2) is 0 Å². The van der Waals surface area contributed by atoms with Crippen molar-refractivity contribution in [3.8, 4) is 5.75 Å². The third-order valence-corrected chi connectivity index (χ3v) is 2.58.